The molecule has 0 fully saturated rings. The number of thiazole rings is 1. The Morgan fingerprint density at radius 2 is 2.05 bits per heavy atom. The molecule has 0 amide bonds. The second-order valence-corrected chi connectivity index (χ2v) is 6.54. The fourth-order valence-corrected chi connectivity index (χ4v) is 3.59. The van der Waals surface area contributed by atoms with Crippen molar-refractivity contribution >= 4 is 50.4 Å². The highest BCUT2D eigenvalue weighted by Crippen LogP contribution is 2.31. The summed E-state index contributed by atoms with van der Waals surface area (Å²) in [6.45, 7) is 2.13. The smallest absolute Gasteiger partial charge is 0.0813 e. The molecule has 2 nitrogen and oxygen atoms in total. The van der Waals surface area contributed by atoms with Gasteiger partial charge in [-0.3, -0.25) is 0 Å². The van der Waals surface area contributed by atoms with Crippen LogP contribution in [0.15, 0.2) is 41.9 Å². The van der Waals surface area contributed by atoms with Crippen molar-refractivity contribution in [3.8, 4) is 0 Å². The van der Waals surface area contributed by atoms with Crippen LogP contribution in [0.5, 0.6) is 0 Å². The molecule has 1 heterocycles. The van der Waals surface area contributed by atoms with E-state index in [0.717, 1.165) is 23.2 Å². The fourth-order valence-electron chi connectivity index (χ4n) is 2.33. The van der Waals surface area contributed by atoms with Gasteiger partial charge in [0.25, 0.3) is 0 Å². The van der Waals surface area contributed by atoms with Gasteiger partial charge < -0.3 is 5.32 Å². The van der Waals surface area contributed by atoms with E-state index in [2.05, 4.69) is 29.4 Å². The average Bonchev–Trinajstić information content (AvgIpc) is 2.93. The Bertz CT molecular complexity index is 770. The highest BCUT2D eigenvalue weighted by Gasteiger charge is 2.13. The van der Waals surface area contributed by atoms with Gasteiger partial charge in [-0.05, 0) is 42.3 Å². The minimum Gasteiger partial charge on any atom is -0.378 e. The first-order valence-electron chi connectivity index (χ1n) is 6.72. The van der Waals surface area contributed by atoms with E-state index >= 15 is 0 Å². The van der Waals surface area contributed by atoms with Crippen LogP contribution in [0.1, 0.15) is 24.9 Å². The lowest BCUT2D eigenvalue weighted by Gasteiger charge is -2.20. The number of nitrogens with one attached hydrogen (secondary N) is 1. The molecule has 0 aliphatic rings. The lowest BCUT2D eigenvalue weighted by Crippen LogP contribution is -2.10. The molecule has 0 aliphatic carbocycles. The monoisotopic (exact) mass is 336 g/mol. The molecule has 1 unspecified atom stereocenters. The quantitative estimate of drug-likeness (QED) is 0.616. The number of benzene rings is 2. The zero-order chi connectivity index (χ0) is 14.8. The van der Waals surface area contributed by atoms with Crippen LogP contribution in [0.4, 0.5) is 5.69 Å². The number of hydrogen-bond acceptors (Lipinski definition) is 3. The summed E-state index contributed by atoms with van der Waals surface area (Å²) < 4.78 is 1.18. The van der Waals surface area contributed by atoms with Gasteiger partial charge in [0.2, 0.25) is 0 Å². The fraction of sp³-hybridized carbons (Fsp3) is 0.188. The summed E-state index contributed by atoms with van der Waals surface area (Å²) in [5.41, 5.74) is 5.03. The second kappa shape index (κ2) is 6.22. The van der Waals surface area contributed by atoms with Crippen LogP contribution in [0.2, 0.25) is 10.0 Å². The van der Waals surface area contributed by atoms with Crippen LogP contribution in [0, 0.1) is 0 Å². The van der Waals surface area contributed by atoms with E-state index in [4.69, 9.17) is 23.2 Å². The highest BCUT2D eigenvalue weighted by atomic mass is 35.5. The van der Waals surface area contributed by atoms with Crippen molar-refractivity contribution in [2.24, 2.45) is 0 Å². The molecular formula is C16H14Cl2N2S. The molecule has 1 atom stereocenters. The third-order valence-electron chi connectivity index (χ3n) is 3.42. The van der Waals surface area contributed by atoms with Crippen molar-refractivity contribution in [2.75, 3.05) is 5.32 Å². The molecule has 3 aromatic rings. The molecule has 0 spiro atoms. The highest BCUT2D eigenvalue weighted by molar-refractivity contribution is 7.16. The lowest BCUT2D eigenvalue weighted by atomic mass is 10.0. The number of anilines is 1. The molecule has 3 rings (SSSR count). The summed E-state index contributed by atoms with van der Waals surface area (Å²) >= 11 is 13.9. The first kappa shape index (κ1) is 14.6. The predicted octanol–water partition coefficient (Wildman–Crippen LogP) is 6.17. The Morgan fingerprint density at radius 3 is 2.81 bits per heavy atom. The largest absolute Gasteiger partial charge is 0.378 e. The number of hydrogen-bond donors (Lipinski definition) is 1. The third-order valence-corrected chi connectivity index (χ3v) is 4.77. The maximum atomic E-state index is 6.31. The first-order valence-corrected chi connectivity index (χ1v) is 8.35. The molecule has 0 aliphatic heterocycles. The van der Waals surface area contributed by atoms with Crippen molar-refractivity contribution in [3.05, 3.63) is 57.5 Å². The number of aromatic nitrogens is 1. The second-order valence-electron chi connectivity index (χ2n) is 4.81. The molecule has 5 heteroatoms. The summed E-state index contributed by atoms with van der Waals surface area (Å²) in [7, 11) is 0. The molecule has 0 radical (unpaired) electrons. The summed E-state index contributed by atoms with van der Waals surface area (Å²) in [6, 6.07) is 12.0. The van der Waals surface area contributed by atoms with E-state index < -0.39 is 0 Å². The van der Waals surface area contributed by atoms with E-state index in [9.17, 15) is 0 Å². The summed E-state index contributed by atoms with van der Waals surface area (Å²) in [4.78, 5) is 4.30. The lowest BCUT2D eigenvalue weighted by molar-refractivity contribution is 0.750. The summed E-state index contributed by atoms with van der Waals surface area (Å²) in [5, 5.41) is 4.89. The maximum absolute atomic E-state index is 6.31. The van der Waals surface area contributed by atoms with Gasteiger partial charge in [0.05, 0.1) is 21.8 Å². The van der Waals surface area contributed by atoms with E-state index in [1.165, 1.54) is 4.70 Å². The zero-order valence-electron chi connectivity index (χ0n) is 11.4. The number of fused-ring (bicyclic) bond motifs is 1. The zero-order valence-corrected chi connectivity index (χ0v) is 13.8. The molecule has 0 saturated heterocycles. The van der Waals surface area contributed by atoms with Crippen molar-refractivity contribution in [2.45, 2.75) is 19.4 Å². The van der Waals surface area contributed by atoms with Crippen molar-refractivity contribution in [1.82, 2.24) is 4.98 Å². The van der Waals surface area contributed by atoms with Gasteiger partial charge in [-0.2, -0.15) is 0 Å². The van der Waals surface area contributed by atoms with Crippen LogP contribution in [0.25, 0.3) is 10.2 Å². The molecule has 1 N–H and O–H groups in total. The van der Waals surface area contributed by atoms with Gasteiger partial charge in [-0.1, -0.05) is 36.2 Å². The van der Waals surface area contributed by atoms with Crippen LogP contribution < -0.4 is 5.32 Å². The van der Waals surface area contributed by atoms with E-state index in [1.54, 1.807) is 17.4 Å². The van der Waals surface area contributed by atoms with E-state index in [0.29, 0.717) is 10.0 Å². The van der Waals surface area contributed by atoms with Gasteiger partial charge in [-0.15, -0.1) is 11.3 Å². The van der Waals surface area contributed by atoms with Gasteiger partial charge >= 0.3 is 0 Å². The minimum atomic E-state index is 0.153. The maximum Gasteiger partial charge on any atom is 0.0813 e. The van der Waals surface area contributed by atoms with Crippen LogP contribution >= 0.6 is 34.5 Å². The Labute approximate surface area is 137 Å². The number of rotatable bonds is 4. The predicted molar refractivity (Wildman–Crippen MR) is 92.7 cm³/mol. The summed E-state index contributed by atoms with van der Waals surface area (Å²) in [5.74, 6) is 0. The normalized spacial score (nSPS) is 12.5. The minimum absolute atomic E-state index is 0.153. The Kier molecular flexibility index (Phi) is 4.34. The topological polar surface area (TPSA) is 24.9 Å². The van der Waals surface area contributed by atoms with Crippen LogP contribution in [0.3, 0.4) is 0 Å². The molecule has 2 aromatic carbocycles. The van der Waals surface area contributed by atoms with Gasteiger partial charge in [0.1, 0.15) is 0 Å². The third kappa shape index (κ3) is 3.15. The van der Waals surface area contributed by atoms with Crippen LogP contribution in [-0.4, -0.2) is 4.98 Å². The standard InChI is InChI=1S/C16H14Cl2N2S/c1-2-14(12-5-3-10(17)7-13(12)18)20-11-4-6-15-16(8-11)21-9-19-15/h3-9,14,20H,2H2,1H3. The first-order chi connectivity index (χ1) is 10.2. The molecule has 21 heavy (non-hydrogen) atoms. The summed E-state index contributed by atoms with van der Waals surface area (Å²) in [6.07, 6.45) is 0.933. The van der Waals surface area contributed by atoms with Crippen LogP contribution in [-0.2, 0) is 0 Å². The van der Waals surface area contributed by atoms with E-state index in [-0.39, 0.29) is 6.04 Å². The van der Waals surface area contributed by atoms with Gasteiger partial charge in [0, 0.05) is 15.7 Å². The molecule has 0 bridgehead atoms. The van der Waals surface area contributed by atoms with Gasteiger partial charge in [0.15, 0.2) is 0 Å². The molecule has 0 saturated carbocycles. The van der Waals surface area contributed by atoms with E-state index in [1.807, 2.05) is 23.7 Å². The Balaban J connectivity index is 1.89. The van der Waals surface area contributed by atoms with Gasteiger partial charge in [-0.25, -0.2) is 4.98 Å². The Hall–Kier alpha value is -1.29. The van der Waals surface area contributed by atoms with Crippen molar-refractivity contribution < 1.29 is 0 Å². The number of halogens is 2. The SMILES string of the molecule is CCC(Nc1ccc2ncsc2c1)c1ccc(Cl)cc1Cl. The van der Waals surface area contributed by atoms with Crippen molar-refractivity contribution in [3.63, 3.8) is 0 Å². The number of nitrogens with zero attached hydrogens (tertiary/aromatic N) is 1. The molecule has 1 aromatic heterocycles. The van der Waals surface area contributed by atoms with Crippen molar-refractivity contribution in [1.29, 1.82) is 0 Å². The molecule has 108 valence electrons. The molecular weight excluding hydrogens is 323 g/mol. The average molecular weight is 337 g/mol. The Morgan fingerprint density at radius 1 is 1.19 bits per heavy atom.